The molecule has 6 heteroatoms. The fraction of sp³-hybridized carbons (Fsp3) is 0.385. The Labute approximate surface area is 117 Å². The van der Waals surface area contributed by atoms with E-state index in [1.807, 2.05) is 0 Å². The lowest BCUT2D eigenvalue weighted by Crippen LogP contribution is -2.41. The summed E-state index contributed by atoms with van der Waals surface area (Å²) in [5, 5.41) is 0.301. The third kappa shape index (κ3) is 3.86. The molecule has 0 atom stereocenters. The van der Waals surface area contributed by atoms with E-state index >= 15 is 0 Å². The van der Waals surface area contributed by atoms with Crippen molar-refractivity contribution < 1.29 is 14.3 Å². The molecule has 2 N–H and O–H groups in total. The lowest BCUT2D eigenvalue weighted by molar-refractivity contribution is -0.141. The highest BCUT2D eigenvalue weighted by Crippen LogP contribution is 2.21. The molecule has 104 valence electrons. The number of hydrogen-bond donors (Lipinski definition) is 1. The Morgan fingerprint density at radius 3 is 2.58 bits per heavy atom. The molecule has 1 rings (SSSR count). The molecule has 1 aromatic rings. The smallest absolute Gasteiger partial charge is 0.325 e. The van der Waals surface area contributed by atoms with Crippen molar-refractivity contribution in [1.29, 1.82) is 0 Å². The highest BCUT2D eigenvalue weighted by molar-refractivity contribution is 6.34. The van der Waals surface area contributed by atoms with Crippen molar-refractivity contribution in [3.05, 3.63) is 28.8 Å². The SMILES string of the molecule is COC(=O)CN(C(=O)c1cc(N)ccc1Cl)C(C)C. The first-order chi connectivity index (χ1) is 8.86. The second-order valence-electron chi connectivity index (χ2n) is 4.34. The van der Waals surface area contributed by atoms with Crippen LogP contribution in [0.5, 0.6) is 0 Å². The molecule has 0 aliphatic carbocycles. The van der Waals surface area contributed by atoms with Crippen LogP contribution in [-0.4, -0.2) is 36.5 Å². The van der Waals surface area contributed by atoms with E-state index in [-0.39, 0.29) is 24.1 Å². The van der Waals surface area contributed by atoms with E-state index < -0.39 is 5.97 Å². The van der Waals surface area contributed by atoms with Crippen LogP contribution in [0.4, 0.5) is 5.69 Å². The number of nitrogens with zero attached hydrogens (tertiary/aromatic N) is 1. The lowest BCUT2D eigenvalue weighted by atomic mass is 10.1. The van der Waals surface area contributed by atoms with Crippen LogP contribution in [0.25, 0.3) is 0 Å². The maximum atomic E-state index is 12.4. The molecular formula is C13H17ClN2O3. The maximum absolute atomic E-state index is 12.4. The highest BCUT2D eigenvalue weighted by atomic mass is 35.5. The molecule has 0 saturated carbocycles. The molecule has 5 nitrogen and oxygen atoms in total. The van der Waals surface area contributed by atoms with E-state index in [1.165, 1.54) is 18.1 Å². The number of halogens is 1. The molecule has 0 fully saturated rings. The van der Waals surface area contributed by atoms with Gasteiger partial charge in [-0.15, -0.1) is 0 Å². The fourth-order valence-electron chi connectivity index (χ4n) is 1.55. The number of nitrogens with two attached hydrogens (primary N) is 1. The first-order valence-corrected chi connectivity index (χ1v) is 6.17. The zero-order valence-corrected chi connectivity index (χ0v) is 11.9. The summed E-state index contributed by atoms with van der Waals surface area (Å²) in [4.78, 5) is 25.1. The van der Waals surface area contributed by atoms with Gasteiger partial charge in [-0.2, -0.15) is 0 Å². The van der Waals surface area contributed by atoms with Gasteiger partial charge in [0.05, 0.1) is 17.7 Å². The first-order valence-electron chi connectivity index (χ1n) is 5.79. The number of carbonyl (C=O) groups is 2. The third-order valence-corrected chi connectivity index (χ3v) is 2.96. The molecule has 0 aliphatic heterocycles. The molecule has 0 radical (unpaired) electrons. The largest absolute Gasteiger partial charge is 0.468 e. The summed E-state index contributed by atoms with van der Waals surface area (Å²) in [6.07, 6.45) is 0. The average molecular weight is 285 g/mol. The quantitative estimate of drug-likeness (QED) is 0.677. The summed E-state index contributed by atoms with van der Waals surface area (Å²) in [6.45, 7) is 3.49. The van der Waals surface area contributed by atoms with E-state index in [0.717, 1.165) is 0 Å². The van der Waals surface area contributed by atoms with Gasteiger partial charge in [-0.25, -0.2) is 0 Å². The highest BCUT2D eigenvalue weighted by Gasteiger charge is 2.23. The minimum absolute atomic E-state index is 0.127. The van der Waals surface area contributed by atoms with Crippen molar-refractivity contribution >= 4 is 29.2 Å². The number of nitrogen functional groups attached to an aromatic ring is 1. The van der Waals surface area contributed by atoms with Crippen LogP contribution in [0.15, 0.2) is 18.2 Å². The normalized spacial score (nSPS) is 10.4. The van der Waals surface area contributed by atoms with Crippen LogP contribution in [-0.2, 0) is 9.53 Å². The monoisotopic (exact) mass is 284 g/mol. The van der Waals surface area contributed by atoms with Crippen LogP contribution in [0.2, 0.25) is 5.02 Å². The Hall–Kier alpha value is -1.75. The number of benzene rings is 1. The van der Waals surface area contributed by atoms with E-state index in [4.69, 9.17) is 17.3 Å². The minimum atomic E-state index is -0.484. The van der Waals surface area contributed by atoms with Gasteiger partial charge in [-0.3, -0.25) is 9.59 Å². The summed E-state index contributed by atoms with van der Waals surface area (Å²) >= 11 is 5.99. The van der Waals surface area contributed by atoms with Crippen LogP contribution in [0.1, 0.15) is 24.2 Å². The van der Waals surface area contributed by atoms with Crippen LogP contribution >= 0.6 is 11.6 Å². The molecule has 1 amide bonds. The Morgan fingerprint density at radius 1 is 1.42 bits per heavy atom. The molecule has 0 heterocycles. The second kappa shape index (κ2) is 6.43. The van der Waals surface area contributed by atoms with Gasteiger partial charge in [0.25, 0.3) is 5.91 Å². The van der Waals surface area contributed by atoms with Gasteiger partial charge in [0.15, 0.2) is 0 Å². The van der Waals surface area contributed by atoms with Gasteiger partial charge >= 0.3 is 5.97 Å². The predicted molar refractivity (Wildman–Crippen MR) is 74.1 cm³/mol. The molecule has 19 heavy (non-hydrogen) atoms. The van der Waals surface area contributed by atoms with Crippen LogP contribution < -0.4 is 5.73 Å². The molecule has 0 aliphatic rings. The van der Waals surface area contributed by atoms with E-state index in [0.29, 0.717) is 10.7 Å². The van der Waals surface area contributed by atoms with Gasteiger partial charge in [-0.1, -0.05) is 11.6 Å². The molecule has 0 saturated heterocycles. The van der Waals surface area contributed by atoms with E-state index in [2.05, 4.69) is 4.74 Å². The zero-order valence-electron chi connectivity index (χ0n) is 11.1. The number of hydrogen-bond acceptors (Lipinski definition) is 4. The summed E-state index contributed by atoms with van der Waals surface area (Å²) in [7, 11) is 1.28. The standard InChI is InChI=1S/C13H17ClN2O3/c1-8(2)16(7-12(17)19-3)13(18)10-6-9(15)4-5-11(10)14/h4-6,8H,7,15H2,1-3H3. The molecule has 0 spiro atoms. The van der Waals surface area contributed by atoms with Gasteiger partial charge in [0, 0.05) is 11.7 Å². The van der Waals surface area contributed by atoms with Crippen molar-refractivity contribution in [2.45, 2.75) is 19.9 Å². The van der Waals surface area contributed by atoms with Crippen molar-refractivity contribution in [3.8, 4) is 0 Å². The number of esters is 1. The number of amides is 1. The van der Waals surface area contributed by atoms with Gasteiger partial charge < -0.3 is 15.4 Å². The molecule has 0 aromatic heterocycles. The van der Waals surface area contributed by atoms with Crippen LogP contribution in [0.3, 0.4) is 0 Å². The number of anilines is 1. The van der Waals surface area contributed by atoms with Gasteiger partial charge in [0.2, 0.25) is 0 Å². The molecule has 0 unspecified atom stereocenters. The van der Waals surface area contributed by atoms with Crippen molar-refractivity contribution in [2.75, 3.05) is 19.4 Å². The molecule has 0 bridgehead atoms. The Balaban J connectivity index is 3.05. The van der Waals surface area contributed by atoms with E-state index in [9.17, 15) is 9.59 Å². The van der Waals surface area contributed by atoms with E-state index in [1.54, 1.807) is 26.0 Å². The predicted octanol–water partition coefficient (Wildman–Crippen LogP) is 1.95. The summed E-state index contributed by atoms with van der Waals surface area (Å²) in [5.41, 5.74) is 6.36. The second-order valence-corrected chi connectivity index (χ2v) is 4.75. The Kier molecular flexibility index (Phi) is 5.18. The van der Waals surface area contributed by atoms with Crippen molar-refractivity contribution in [2.24, 2.45) is 0 Å². The summed E-state index contributed by atoms with van der Waals surface area (Å²) in [5.74, 6) is -0.834. The number of ether oxygens (including phenoxy) is 1. The number of carbonyl (C=O) groups excluding carboxylic acids is 2. The minimum Gasteiger partial charge on any atom is -0.468 e. The zero-order chi connectivity index (χ0) is 14.6. The molecule has 1 aromatic carbocycles. The first kappa shape index (κ1) is 15.3. The van der Waals surface area contributed by atoms with Crippen molar-refractivity contribution in [1.82, 2.24) is 4.90 Å². The van der Waals surface area contributed by atoms with Gasteiger partial charge in [0.1, 0.15) is 6.54 Å². The Morgan fingerprint density at radius 2 is 2.05 bits per heavy atom. The number of rotatable bonds is 4. The fourth-order valence-corrected chi connectivity index (χ4v) is 1.75. The summed E-state index contributed by atoms with van der Waals surface area (Å²) in [6, 6.07) is 4.50. The van der Waals surface area contributed by atoms with Gasteiger partial charge in [-0.05, 0) is 32.0 Å². The summed E-state index contributed by atoms with van der Waals surface area (Å²) < 4.78 is 4.58. The van der Waals surface area contributed by atoms with Crippen LogP contribution in [0, 0.1) is 0 Å². The average Bonchev–Trinajstić information content (AvgIpc) is 2.37. The topological polar surface area (TPSA) is 72.6 Å². The number of methoxy groups -OCH3 is 1. The molecular weight excluding hydrogens is 268 g/mol. The Bertz CT molecular complexity index is 489. The lowest BCUT2D eigenvalue weighted by Gasteiger charge is -2.26. The van der Waals surface area contributed by atoms with Crippen molar-refractivity contribution in [3.63, 3.8) is 0 Å². The maximum Gasteiger partial charge on any atom is 0.325 e. The third-order valence-electron chi connectivity index (χ3n) is 2.63.